The molecule has 0 aliphatic heterocycles. The Morgan fingerprint density at radius 1 is 1.14 bits per heavy atom. The fraction of sp³-hybridized carbons (Fsp3) is 0.250. The van der Waals surface area contributed by atoms with Gasteiger partial charge in [-0.15, -0.1) is 0 Å². The number of aryl methyl sites for hydroxylation is 2. The number of benzene rings is 1. The normalized spacial score (nSPS) is 10.8. The van der Waals surface area contributed by atoms with Gasteiger partial charge in [0.05, 0.1) is 0 Å². The minimum Gasteiger partial charge on any atom is -0.358 e. The van der Waals surface area contributed by atoms with Crippen LogP contribution in [0, 0.1) is 20.8 Å². The summed E-state index contributed by atoms with van der Waals surface area (Å²) in [7, 11) is 0. The van der Waals surface area contributed by atoms with Gasteiger partial charge in [0.1, 0.15) is 0 Å². The molecule has 2 rings (SSSR count). The molecule has 72 valence electrons. The van der Waals surface area contributed by atoms with Crippen molar-refractivity contribution < 1.29 is 0 Å². The third-order valence-electron chi connectivity index (χ3n) is 2.64. The van der Waals surface area contributed by atoms with E-state index in [0.29, 0.717) is 0 Å². The highest BCUT2D eigenvalue weighted by Crippen LogP contribution is 2.12. The summed E-state index contributed by atoms with van der Waals surface area (Å²) >= 11 is 0. The van der Waals surface area contributed by atoms with E-state index in [2.05, 4.69) is 4.98 Å². The van der Waals surface area contributed by atoms with Crippen LogP contribution in [0.25, 0.3) is 10.9 Å². The van der Waals surface area contributed by atoms with Gasteiger partial charge >= 0.3 is 0 Å². The van der Waals surface area contributed by atoms with Crippen LogP contribution in [0.1, 0.15) is 16.8 Å². The van der Waals surface area contributed by atoms with Crippen LogP contribution >= 0.6 is 0 Å². The summed E-state index contributed by atoms with van der Waals surface area (Å²) in [6.45, 7) is 5.80. The predicted octanol–water partition coefficient (Wildman–Crippen LogP) is 2.45. The minimum atomic E-state index is 0.135. The molecule has 2 heteroatoms. The van der Waals surface area contributed by atoms with Crippen LogP contribution in [0.3, 0.4) is 0 Å². The van der Waals surface area contributed by atoms with Gasteiger partial charge in [-0.3, -0.25) is 4.79 Å². The van der Waals surface area contributed by atoms with Crippen LogP contribution in [-0.2, 0) is 0 Å². The third-order valence-corrected chi connectivity index (χ3v) is 2.64. The fourth-order valence-corrected chi connectivity index (χ4v) is 1.63. The molecule has 0 bridgehead atoms. The van der Waals surface area contributed by atoms with E-state index >= 15 is 0 Å². The maximum Gasteiger partial charge on any atom is 0.192 e. The van der Waals surface area contributed by atoms with Crippen molar-refractivity contribution >= 4 is 10.9 Å². The lowest BCUT2D eigenvalue weighted by Crippen LogP contribution is -2.09. The molecule has 0 radical (unpaired) electrons. The van der Waals surface area contributed by atoms with E-state index in [1.54, 1.807) is 0 Å². The molecule has 2 aromatic rings. The number of nitrogens with one attached hydrogen (secondary N) is 1. The van der Waals surface area contributed by atoms with Gasteiger partial charge in [0.15, 0.2) is 5.43 Å². The Balaban J connectivity index is 2.98. The molecule has 1 N–H and O–H groups in total. The number of hydrogen-bond donors (Lipinski definition) is 1. The van der Waals surface area contributed by atoms with Crippen LogP contribution in [0.4, 0.5) is 0 Å². The van der Waals surface area contributed by atoms with Crippen molar-refractivity contribution in [3.8, 4) is 0 Å². The van der Waals surface area contributed by atoms with Gasteiger partial charge in [-0.2, -0.15) is 0 Å². The summed E-state index contributed by atoms with van der Waals surface area (Å²) in [6, 6.07) is 5.85. The van der Waals surface area contributed by atoms with Gasteiger partial charge in [-0.25, -0.2) is 0 Å². The smallest absolute Gasteiger partial charge is 0.192 e. The Kier molecular flexibility index (Phi) is 1.92. The van der Waals surface area contributed by atoms with Gasteiger partial charge < -0.3 is 4.98 Å². The molecular weight excluding hydrogens is 174 g/mol. The van der Waals surface area contributed by atoms with Crippen molar-refractivity contribution in [1.82, 2.24) is 4.98 Å². The lowest BCUT2D eigenvalue weighted by molar-refractivity contribution is 1.17. The Hall–Kier alpha value is -1.57. The summed E-state index contributed by atoms with van der Waals surface area (Å²) < 4.78 is 0. The second-order valence-corrected chi connectivity index (χ2v) is 3.75. The highest BCUT2D eigenvalue weighted by atomic mass is 16.1. The molecule has 0 amide bonds. The molecular formula is C12H13NO. The van der Waals surface area contributed by atoms with E-state index in [1.807, 2.05) is 39.0 Å². The van der Waals surface area contributed by atoms with Gasteiger partial charge in [0.25, 0.3) is 0 Å². The highest BCUT2D eigenvalue weighted by molar-refractivity contribution is 5.79. The zero-order valence-electron chi connectivity index (χ0n) is 8.64. The highest BCUT2D eigenvalue weighted by Gasteiger charge is 2.04. The standard InChI is InChI=1S/C12H13NO/c1-7-4-5-10-11(6-7)13-9(3)8(2)12(10)14/h4-6H,1-3H3,(H,13,14). The molecule has 1 aromatic heterocycles. The Bertz CT molecular complexity index is 552. The van der Waals surface area contributed by atoms with Gasteiger partial charge in [-0.05, 0) is 38.5 Å². The molecule has 0 saturated heterocycles. The fourth-order valence-electron chi connectivity index (χ4n) is 1.63. The molecule has 0 fully saturated rings. The van der Waals surface area contributed by atoms with Gasteiger partial charge in [-0.1, -0.05) is 6.07 Å². The maximum absolute atomic E-state index is 11.8. The Morgan fingerprint density at radius 3 is 2.57 bits per heavy atom. The Morgan fingerprint density at radius 2 is 1.86 bits per heavy atom. The van der Waals surface area contributed by atoms with Crippen molar-refractivity contribution in [2.45, 2.75) is 20.8 Å². The van der Waals surface area contributed by atoms with Crippen molar-refractivity contribution in [1.29, 1.82) is 0 Å². The molecule has 14 heavy (non-hydrogen) atoms. The molecule has 0 atom stereocenters. The van der Waals surface area contributed by atoms with E-state index in [1.165, 1.54) is 0 Å². The summed E-state index contributed by atoms with van der Waals surface area (Å²) in [5.41, 5.74) is 3.99. The van der Waals surface area contributed by atoms with Crippen LogP contribution in [0.2, 0.25) is 0 Å². The quantitative estimate of drug-likeness (QED) is 0.675. The van der Waals surface area contributed by atoms with Gasteiger partial charge in [0, 0.05) is 22.2 Å². The van der Waals surface area contributed by atoms with E-state index in [9.17, 15) is 4.79 Å². The van der Waals surface area contributed by atoms with Crippen LogP contribution in [-0.4, -0.2) is 4.98 Å². The number of H-pyrrole nitrogens is 1. The number of rotatable bonds is 0. The number of hydrogen-bond acceptors (Lipinski definition) is 1. The summed E-state index contributed by atoms with van der Waals surface area (Å²) in [6.07, 6.45) is 0. The minimum absolute atomic E-state index is 0.135. The van der Waals surface area contributed by atoms with Crippen molar-refractivity contribution in [3.63, 3.8) is 0 Å². The monoisotopic (exact) mass is 187 g/mol. The summed E-state index contributed by atoms with van der Waals surface area (Å²) in [5.74, 6) is 0. The third kappa shape index (κ3) is 1.23. The summed E-state index contributed by atoms with van der Waals surface area (Å²) in [5, 5.41) is 0.777. The number of aromatic nitrogens is 1. The zero-order valence-corrected chi connectivity index (χ0v) is 8.64. The van der Waals surface area contributed by atoms with Crippen LogP contribution in [0.15, 0.2) is 23.0 Å². The zero-order chi connectivity index (χ0) is 10.3. The SMILES string of the molecule is Cc1ccc2c(=O)c(C)c(C)[nH]c2c1. The number of pyridine rings is 1. The Labute approximate surface area is 82.6 Å². The van der Waals surface area contributed by atoms with E-state index in [0.717, 1.165) is 27.7 Å². The molecule has 0 aliphatic carbocycles. The number of aromatic amines is 1. The lowest BCUT2D eigenvalue weighted by Gasteiger charge is -2.04. The summed E-state index contributed by atoms with van der Waals surface area (Å²) in [4.78, 5) is 15.1. The first kappa shape index (κ1) is 9.00. The van der Waals surface area contributed by atoms with E-state index in [-0.39, 0.29) is 5.43 Å². The first-order valence-corrected chi connectivity index (χ1v) is 4.69. The predicted molar refractivity (Wildman–Crippen MR) is 58.8 cm³/mol. The van der Waals surface area contributed by atoms with Gasteiger partial charge in [0.2, 0.25) is 0 Å². The van der Waals surface area contributed by atoms with Crippen molar-refractivity contribution in [2.24, 2.45) is 0 Å². The molecule has 1 heterocycles. The van der Waals surface area contributed by atoms with E-state index in [4.69, 9.17) is 0 Å². The van der Waals surface area contributed by atoms with E-state index < -0.39 is 0 Å². The van der Waals surface area contributed by atoms with Crippen molar-refractivity contribution in [3.05, 3.63) is 45.2 Å². The molecule has 2 nitrogen and oxygen atoms in total. The number of fused-ring (bicyclic) bond motifs is 1. The molecule has 0 unspecified atom stereocenters. The second-order valence-electron chi connectivity index (χ2n) is 3.75. The lowest BCUT2D eigenvalue weighted by atomic mass is 10.1. The molecule has 1 aromatic carbocycles. The first-order chi connectivity index (χ1) is 6.59. The van der Waals surface area contributed by atoms with Crippen LogP contribution < -0.4 is 5.43 Å². The second kappa shape index (κ2) is 2.98. The average Bonchev–Trinajstić information content (AvgIpc) is 2.14. The van der Waals surface area contributed by atoms with Crippen molar-refractivity contribution in [2.75, 3.05) is 0 Å². The topological polar surface area (TPSA) is 32.9 Å². The average molecular weight is 187 g/mol. The maximum atomic E-state index is 11.8. The molecule has 0 saturated carbocycles. The first-order valence-electron chi connectivity index (χ1n) is 4.69. The van der Waals surface area contributed by atoms with Crippen LogP contribution in [0.5, 0.6) is 0 Å². The largest absolute Gasteiger partial charge is 0.358 e. The molecule has 0 spiro atoms. The molecule has 0 aliphatic rings.